The third-order valence-corrected chi connectivity index (χ3v) is 6.34. The number of thiazole rings is 1. The van der Waals surface area contributed by atoms with E-state index in [0.29, 0.717) is 12.2 Å². The molecule has 6 nitrogen and oxygen atoms in total. The molecule has 7 heteroatoms. The Morgan fingerprint density at radius 1 is 1.11 bits per heavy atom. The van der Waals surface area contributed by atoms with Crippen molar-refractivity contribution in [2.45, 2.75) is 25.3 Å². The van der Waals surface area contributed by atoms with Crippen LogP contribution in [0.2, 0.25) is 0 Å². The van der Waals surface area contributed by atoms with Crippen LogP contribution < -0.4 is 5.56 Å². The first kappa shape index (κ1) is 17.1. The van der Waals surface area contributed by atoms with Gasteiger partial charge in [-0.2, -0.15) is 0 Å². The van der Waals surface area contributed by atoms with Crippen LogP contribution >= 0.6 is 11.3 Å². The predicted octanol–water partition coefficient (Wildman–Crippen LogP) is 3.67. The molecule has 1 aromatic carbocycles. The maximum atomic E-state index is 13.3. The number of rotatable bonds is 2. The number of piperidine rings is 1. The van der Waals surface area contributed by atoms with E-state index < -0.39 is 0 Å². The van der Waals surface area contributed by atoms with Crippen molar-refractivity contribution >= 4 is 33.1 Å². The topological polar surface area (TPSA) is 67.6 Å². The molecule has 1 fully saturated rings. The average molecular weight is 390 g/mol. The molecule has 4 aromatic rings. The minimum atomic E-state index is -0.329. The van der Waals surface area contributed by atoms with Crippen LogP contribution in [0.1, 0.15) is 40.7 Å². The average Bonchev–Trinajstić information content (AvgIpc) is 3.18. The molecular formula is C21H18N4O2S. The molecule has 1 amide bonds. The number of nitrogens with zero attached hydrogens (tertiary/aromatic N) is 4. The summed E-state index contributed by atoms with van der Waals surface area (Å²) in [6.07, 6.45) is 5.87. The van der Waals surface area contributed by atoms with E-state index in [2.05, 4.69) is 4.98 Å². The summed E-state index contributed by atoms with van der Waals surface area (Å²) in [5.41, 5.74) is 1.26. The van der Waals surface area contributed by atoms with Crippen molar-refractivity contribution in [3.63, 3.8) is 0 Å². The molecule has 1 atom stereocenters. The van der Waals surface area contributed by atoms with Crippen LogP contribution in [0.15, 0.2) is 59.7 Å². The number of carbonyl (C=O) groups excluding carboxylic acids is 1. The second-order valence-electron chi connectivity index (χ2n) is 6.94. The third-order valence-electron chi connectivity index (χ3n) is 5.20. The molecule has 1 aliphatic rings. The van der Waals surface area contributed by atoms with Gasteiger partial charge in [-0.15, -0.1) is 11.3 Å². The SMILES string of the molecule is O=C(c1cnc2ccccn2c1=O)N1CCCCC1c1nc2ccccc2s1. The smallest absolute Gasteiger partial charge is 0.270 e. The monoisotopic (exact) mass is 390 g/mol. The number of fused-ring (bicyclic) bond motifs is 2. The molecule has 4 heterocycles. The Kier molecular flexibility index (Phi) is 4.16. The van der Waals surface area contributed by atoms with Gasteiger partial charge >= 0.3 is 0 Å². The second kappa shape index (κ2) is 6.83. The molecule has 3 aromatic heterocycles. The van der Waals surface area contributed by atoms with Gasteiger partial charge in [0.1, 0.15) is 16.2 Å². The number of pyridine rings is 1. The fourth-order valence-corrected chi connectivity index (χ4v) is 4.91. The fraction of sp³-hybridized carbons (Fsp3) is 0.238. The molecule has 5 rings (SSSR count). The lowest BCUT2D eigenvalue weighted by atomic mass is 10.0. The van der Waals surface area contributed by atoms with Gasteiger partial charge in [0.15, 0.2) is 0 Å². The summed E-state index contributed by atoms with van der Waals surface area (Å²) in [6.45, 7) is 0.621. The van der Waals surface area contributed by atoms with Crippen molar-refractivity contribution in [1.29, 1.82) is 0 Å². The lowest BCUT2D eigenvalue weighted by molar-refractivity contribution is 0.0609. The summed E-state index contributed by atoms with van der Waals surface area (Å²) >= 11 is 1.62. The highest BCUT2D eigenvalue weighted by Gasteiger charge is 2.32. The number of para-hydroxylation sites is 1. The number of amides is 1. The van der Waals surface area contributed by atoms with Gasteiger partial charge in [-0.3, -0.25) is 14.0 Å². The van der Waals surface area contributed by atoms with Gasteiger partial charge in [0.05, 0.1) is 16.3 Å². The first-order valence-electron chi connectivity index (χ1n) is 9.35. The minimum absolute atomic E-state index is 0.102. The Balaban J connectivity index is 1.55. The van der Waals surface area contributed by atoms with Gasteiger partial charge in [-0.1, -0.05) is 18.2 Å². The molecule has 1 aliphatic heterocycles. The molecule has 0 bridgehead atoms. The van der Waals surface area contributed by atoms with E-state index in [1.165, 1.54) is 10.6 Å². The number of likely N-dealkylation sites (tertiary alicyclic amines) is 1. The standard InChI is InChI=1S/C21H18N4O2S/c26-20(14-13-22-18-10-4-6-12-25(18)21(14)27)24-11-5-3-8-16(24)19-23-15-7-1-2-9-17(15)28-19/h1-2,4,6-7,9-10,12-13,16H,3,5,8,11H2. The Hall–Kier alpha value is -3.06. The summed E-state index contributed by atoms with van der Waals surface area (Å²) in [5.74, 6) is -0.264. The summed E-state index contributed by atoms with van der Waals surface area (Å²) in [4.78, 5) is 37.0. The second-order valence-corrected chi connectivity index (χ2v) is 8.00. The third kappa shape index (κ3) is 2.79. The number of carbonyl (C=O) groups is 1. The van der Waals surface area contributed by atoms with E-state index in [-0.39, 0.29) is 23.1 Å². The van der Waals surface area contributed by atoms with Crippen molar-refractivity contribution in [3.8, 4) is 0 Å². The molecule has 140 valence electrons. The molecular weight excluding hydrogens is 372 g/mol. The highest BCUT2D eigenvalue weighted by molar-refractivity contribution is 7.18. The van der Waals surface area contributed by atoms with E-state index >= 15 is 0 Å². The van der Waals surface area contributed by atoms with E-state index in [1.807, 2.05) is 30.3 Å². The molecule has 28 heavy (non-hydrogen) atoms. The van der Waals surface area contributed by atoms with Crippen molar-refractivity contribution in [3.05, 3.63) is 75.8 Å². The Labute approximate surface area is 165 Å². The molecule has 1 unspecified atom stereocenters. The van der Waals surface area contributed by atoms with E-state index in [0.717, 1.165) is 34.5 Å². The van der Waals surface area contributed by atoms with Crippen molar-refractivity contribution in [2.75, 3.05) is 6.54 Å². The van der Waals surface area contributed by atoms with Crippen molar-refractivity contribution in [2.24, 2.45) is 0 Å². The summed E-state index contributed by atoms with van der Waals surface area (Å²) in [5, 5.41) is 0.933. The minimum Gasteiger partial charge on any atom is -0.329 e. The van der Waals surface area contributed by atoms with E-state index in [4.69, 9.17) is 4.98 Å². The normalized spacial score (nSPS) is 17.3. The zero-order chi connectivity index (χ0) is 19.1. The van der Waals surface area contributed by atoms with Gasteiger partial charge in [-0.25, -0.2) is 9.97 Å². The summed E-state index contributed by atoms with van der Waals surface area (Å²) < 4.78 is 2.53. The fourth-order valence-electron chi connectivity index (χ4n) is 3.79. The quantitative estimate of drug-likeness (QED) is 0.524. The van der Waals surface area contributed by atoms with Crippen LogP contribution in [0, 0.1) is 0 Å². The zero-order valence-corrected chi connectivity index (χ0v) is 15.9. The number of benzene rings is 1. The Morgan fingerprint density at radius 2 is 1.96 bits per heavy atom. The van der Waals surface area contributed by atoms with Crippen molar-refractivity contribution in [1.82, 2.24) is 19.3 Å². The number of hydrogen-bond acceptors (Lipinski definition) is 5. The predicted molar refractivity (Wildman–Crippen MR) is 109 cm³/mol. The Morgan fingerprint density at radius 3 is 2.86 bits per heavy atom. The van der Waals surface area contributed by atoms with Gasteiger partial charge in [-0.05, 0) is 43.5 Å². The zero-order valence-electron chi connectivity index (χ0n) is 15.1. The highest BCUT2D eigenvalue weighted by Crippen LogP contribution is 2.36. The molecule has 0 saturated carbocycles. The lowest BCUT2D eigenvalue weighted by Crippen LogP contribution is -2.41. The van der Waals surface area contributed by atoms with Gasteiger partial charge in [0, 0.05) is 18.9 Å². The first-order valence-corrected chi connectivity index (χ1v) is 10.2. The van der Waals surface area contributed by atoms with Crippen LogP contribution in [0.3, 0.4) is 0 Å². The lowest BCUT2D eigenvalue weighted by Gasteiger charge is -2.34. The molecule has 1 saturated heterocycles. The van der Waals surface area contributed by atoms with E-state index in [1.54, 1.807) is 34.6 Å². The van der Waals surface area contributed by atoms with Gasteiger partial charge in [0.25, 0.3) is 11.5 Å². The van der Waals surface area contributed by atoms with E-state index in [9.17, 15) is 9.59 Å². The largest absolute Gasteiger partial charge is 0.329 e. The van der Waals surface area contributed by atoms with Crippen LogP contribution in [0.5, 0.6) is 0 Å². The number of aromatic nitrogens is 3. The molecule has 0 spiro atoms. The van der Waals surface area contributed by atoms with Crippen LogP contribution in [0.25, 0.3) is 15.9 Å². The maximum Gasteiger partial charge on any atom is 0.270 e. The maximum absolute atomic E-state index is 13.3. The van der Waals surface area contributed by atoms with Crippen LogP contribution in [0.4, 0.5) is 0 Å². The molecule has 0 radical (unpaired) electrons. The van der Waals surface area contributed by atoms with Gasteiger partial charge < -0.3 is 4.90 Å². The number of hydrogen-bond donors (Lipinski definition) is 0. The van der Waals surface area contributed by atoms with Crippen LogP contribution in [-0.2, 0) is 0 Å². The summed E-state index contributed by atoms with van der Waals surface area (Å²) in [6, 6.07) is 13.2. The molecule has 0 N–H and O–H groups in total. The highest BCUT2D eigenvalue weighted by atomic mass is 32.1. The van der Waals surface area contributed by atoms with Crippen LogP contribution in [-0.4, -0.2) is 31.7 Å². The van der Waals surface area contributed by atoms with Crippen molar-refractivity contribution < 1.29 is 4.79 Å². The first-order chi connectivity index (χ1) is 13.7. The summed E-state index contributed by atoms with van der Waals surface area (Å²) in [7, 11) is 0. The Bertz CT molecular complexity index is 1210. The molecule has 0 aliphatic carbocycles. The van der Waals surface area contributed by atoms with Gasteiger partial charge in [0.2, 0.25) is 0 Å².